The molecule has 1 aromatic carbocycles. The molecule has 37 heavy (non-hydrogen) atoms. The van der Waals surface area contributed by atoms with Gasteiger partial charge in [-0.15, -0.1) is 0 Å². The molecule has 1 spiro atoms. The molecule has 0 bridgehead atoms. The summed E-state index contributed by atoms with van der Waals surface area (Å²) in [5, 5.41) is 1.56. The van der Waals surface area contributed by atoms with Crippen molar-refractivity contribution in [1.29, 1.82) is 0 Å². The van der Waals surface area contributed by atoms with Crippen LogP contribution in [0, 0.1) is 5.41 Å². The summed E-state index contributed by atoms with van der Waals surface area (Å²) < 4.78 is 7.47. The molecule has 2 saturated heterocycles. The first-order valence-corrected chi connectivity index (χ1v) is 13.9. The van der Waals surface area contributed by atoms with Crippen molar-refractivity contribution >= 4 is 40.1 Å². The van der Waals surface area contributed by atoms with Crippen molar-refractivity contribution in [3.63, 3.8) is 0 Å². The Morgan fingerprint density at radius 2 is 2.00 bits per heavy atom. The third kappa shape index (κ3) is 5.35. The number of halogens is 1. The van der Waals surface area contributed by atoms with Gasteiger partial charge in [0, 0.05) is 36.0 Å². The minimum Gasteiger partial charge on any atom is -0.376 e. The molecule has 2 aliphatic rings. The van der Waals surface area contributed by atoms with Gasteiger partial charge in [-0.3, -0.25) is 9.36 Å². The Labute approximate surface area is 226 Å². The van der Waals surface area contributed by atoms with E-state index in [2.05, 4.69) is 31.7 Å². The maximum atomic E-state index is 13.1. The molecular weight excluding hydrogens is 510 g/mol. The van der Waals surface area contributed by atoms with Crippen molar-refractivity contribution in [3.8, 4) is 0 Å². The van der Waals surface area contributed by atoms with Gasteiger partial charge in [0.2, 0.25) is 0 Å². The molecule has 198 valence electrons. The van der Waals surface area contributed by atoms with Crippen molar-refractivity contribution in [2.45, 2.75) is 54.8 Å². The lowest BCUT2D eigenvalue weighted by molar-refractivity contribution is 0.0974. The SMILES string of the molecule is C[C@@H]1OCC2(CCN(c3cnc(Sc4ccc5ncn(CCCN(C)C)c(=O)c5c4Cl)cn3)CC2)[C@@H]1N. The fourth-order valence-electron chi connectivity index (χ4n) is 5.27. The standard InChI is InChI=1S/C26H34ClN7O2S/c1-17-24(28)26(15-36-17)7-11-33(12-8-26)20-13-30-21(14-29-20)37-19-6-5-18-22(23(19)27)25(35)34(16-31-18)10-4-9-32(2)3/h5-6,13-14,16-17,24H,4,7-12,15,28H2,1-3H3/t17-,24+/m0/s1. The highest BCUT2D eigenvalue weighted by atomic mass is 35.5. The Hall–Kier alpha value is -2.24. The Morgan fingerprint density at radius 3 is 2.65 bits per heavy atom. The fourth-order valence-corrected chi connectivity index (χ4v) is 6.39. The van der Waals surface area contributed by atoms with E-state index in [1.54, 1.807) is 17.1 Å². The molecule has 2 aliphatic heterocycles. The van der Waals surface area contributed by atoms with E-state index in [4.69, 9.17) is 22.1 Å². The zero-order valence-electron chi connectivity index (χ0n) is 21.6. The van der Waals surface area contributed by atoms with Gasteiger partial charge in [-0.05, 0) is 59.0 Å². The number of aryl methyl sites for hydroxylation is 1. The summed E-state index contributed by atoms with van der Waals surface area (Å²) in [5.74, 6) is 0.856. The van der Waals surface area contributed by atoms with Gasteiger partial charge in [-0.2, -0.15) is 0 Å². The van der Waals surface area contributed by atoms with E-state index in [1.807, 2.05) is 32.4 Å². The molecule has 0 unspecified atom stereocenters. The van der Waals surface area contributed by atoms with Crippen molar-refractivity contribution in [2.75, 3.05) is 45.2 Å². The van der Waals surface area contributed by atoms with Gasteiger partial charge in [0.15, 0.2) is 0 Å². The van der Waals surface area contributed by atoms with Crippen LogP contribution in [0.1, 0.15) is 26.2 Å². The predicted molar refractivity (Wildman–Crippen MR) is 148 cm³/mol. The highest BCUT2D eigenvalue weighted by molar-refractivity contribution is 7.99. The van der Waals surface area contributed by atoms with Crippen LogP contribution in [0.3, 0.4) is 0 Å². The predicted octanol–water partition coefficient (Wildman–Crippen LogP) is 3.28. The Kier molecular flexibility index (Phi) is 7.74. The fraction of sp³-hybridized carbons (Fsp3) is 0.538. The first-order valence-electron chi connectivity index (χ1n) is 12.7. The Balaban J connectivity index is 1.28. The minimum atomic E-state index is -0.123. The third-order valence-corrected chi connectivity index (χ3v) is 9.14. The first-order chi connectivity index (χ1) is 17.8. The lowest BCUT2D eigenvalue weighted by atomic mass is 9.73. The van der Waals surface area contributed by atoms with E-state index in [-0.39, 0.29) is 23.1 Å². The van der Waals surface area contributed by atoms with Crippen molar-refractivity contribution in [3.05, 3.63) is 46.2 Å². The molecule has 0 aliphatic carbocycles. The molecule has 2 fully saturated rings. The van der Waals surface area contributed by atoms with Crippen molar-refractivity contribution < 1.29 is 4.74 Å². The van der Waals surface area contributed by atoms with Crippen LogP contribution in [0.25, 0.3) is 10.9 Å². The summed E-state index contributed by atoms with van der Waals surface area (Å²) in [5.41, 5.74) is 6.99. The number of hydrogen-bond acceptors (Lipinski definition) is 9. The van der Waals surface area contributed by atoms with E-state index in [0.717, 1.165) is 56.2 Å². The minimum absolute atomic E-state index is 0.0751. The molecule has 4 heterocycles. The van der Waals surface area contributed by atoms with Crippen LogP contribution < -0.4 is 16.2 Å². The largest absolute Gasteiger partial charge is 0.376 e. The van der Waals surface area contributed by atoms with Crippen molar-refractivity contribution in [2.24, 2.45) is 11.1 Å². The average molecular weight is 544 g/mol. The number of nitrogens with two attached hydrogens (primary N) is 1. The lowest BCUT2D eigenvalue weighted by Gasteiger charge is -2.41. The summed E-state index contributed by atoms with van der Waals surface area (Å²) in [6, 6.07) is 3.80. The average Bonchev–Trinajstić information content (AvgIpc) is 3.16. The molecule has 2 aromatic heterocycles. The maximum absolute atomic E-state index is 13.1. The number of anilines is 1. The summed E-state index contributed by atoms with van der Waals surface area (Å²) in [4.78, 5) is 32.0. The number of aromatic nitrogens is 4. The van der Waals surface area contributed by atoms with Gasteiger partial charge in [0.25, 0.3) is 5.56 Å². The number of rotatable bonds is 7. The summed E-state index contributed by atoms with van der Waals surface area (Å²) >= 11 is 8.13. The third-order valence-electron chi connectivity index (χ3n) is 7.66. The zero-order chi connectivity index (χ0) is 26.2. The van der Waals surface area contributed by atoms with Gasteiger partial charge in [-0.1, -0.05) is 23.4 Å². The number of hydrogen-bond donors (Lipinski definition) is 1. The van der Waals surface area contributed by atoms with Crippen LogP contribution >= 0.6 is 23.4 Å². The topological polar surface area (TPSA) is 102 Å². The Morgan fingerprint density at radius 1 is 1.22 bits per heavy atom. The molecule has 11 heteroatoms. The quantitative estimate of drug-likeness (QED) is 0.481. The second-order valence-electron chi connectivity index (χ2n) is 10.4. The number of ether oxygens (including phenoxy) is 1. The molecule has 3 aromatic rings. The normalized spacial score (nSPS) is 21.4. The van der Waals surface area contributed by atoms with Crippen LogP contribution in [0.2, 0.25) is 5.02 Å². The second-order valence-corrected chi connectivity index (χ2v) is 11.8. The van der Waals surface area contributed by atoms with Crippen LogP contribution in [0.4, 0.5) is 5.82 Å². The molecule has 5 rings (SSSR count). The number of piperidine rings is 1. The molecule has 0 saturated carbocycles. The van der Waals surface area contributed by atoms with Gasteiger partial charge in [0.1, 0.15) is 10.8 Å². The van der Waals surface area contributed by atoms with Crippen LogP contribution in [0.15, 0.2) is 45.6 Å². The van der Waals surface area contributed by atoms with Crippen LogP contribution in [-0.2, 0) is 11.3 Å². The molecular formula is C26H34ClN7O2S. The molecule has 0 amide bonds. The lowest BCUT2D eigenvalue weighted by Crippen LogP contribution is -2.50. The number of benzene rings is 1. The van der Waals surface area contributed by atoms with Gasteiger partial charge in [-0.25, -0.2) is 15.0 Å². The van der Waals surface area contributed by atoms with Crippen LogP contribution in [-0.4, -0.2) is 76.9 Å². The summed E-state index contributed by atoms with van der Waals surface area (Å²) in [6.07, 6.45) is 8.12. The molecule has 2 atom stereocenters. The molecule has 9 nitrogen and oxygen atoms in total. The van der Waals surface area contributed by atoms with Gasteiger partial charge >= 0.3 is 0 Å². The summed E-state index contributed by atoms with van der Waals surface area (Å²) in [7, 11) is 4.03. The zero-order valence-corrected chi connectivity index (χ0v) is 23.1. The second kappa shape index (κ2) is 10.9. The van der Waals surface area contributed by atoms with Gasteiger partial charge < -0.3 is 20.3 Å². The van der Waals surface area contributed by atoms with Crippen LogP contribution in [0.5, 0.6) is 0 Å². The van der Waals surface area contributed by atoms with E-state index >= 15 is 0 Å². The Bertz CT molecular complexity index is 1310. The van der Waals surface area contributed by atoms with E-state index in [0.29, 0.717) is 27.5 Å². The van der Waals surface area contributed by atoms with E-state index in [1.165, 1.54) is 11.8 Å². The number of fused-ring (bicyclic) bond motifs is 1. The van der Waals surface area contributed by atoms with E-state index < -0.39 is 0 Å². The number of nitrogens with zero attached hydrogens (tertiary/aromatic N) is 6. The summed E-state index contributed by atoms with van der Waals surface area (Å²) in [6.45, 7) is 6.06. The monoisotopic (exact) mass is 543 g/mol. The van der Waals surface area contributed by atoms with Crippen molar-refractivity contribution in [1.82, 2.24) is 24.4 Å². The maximum Gasteiger partial charge on any atom is 0.262 e. The highest BCUT2D eigenvalue weighted by Gasteiger charge is 2.47. The first kappa shape index (κ1) is 26.4. The molecule has 2 N–H and O–H groups in total. The molecule has 0 radical (unpaired) electrons. The highest BCUT2D eigenvalue weighted by Crippen LogP contribution is 2.42. The van der Waals surface area contributed by atoms with Gasteiger partial charge in [0.05, 0.1) is 47.4 Å². The van der Waals surface area contributed by atoms with E-state index in [9.17, 15) is 4.79 Å². The smallest absolute Gasteiger partial charge is 0.262 e.